The molecule has 1 aliphatic heterocycles. The van der Waals surface area contributed by atoms with Crippen LogP contribution in [0.4, 0.5) is 5.69 Å². The number of carboxylic acids is 1. The summed E-state index contributed by atoms with van der Waals surface area (Å²) in [5.74, 6) is -0.903. The lowest BCUT2D eigenvalue weighted by Gasteiger charge is -2.32. The lowest BCUT2D eigenvalue weighted by molar-refractivity contribution is -0.139. The molecule has 1 atom stereocenters. The molecule has 0 spiro atoms. The molecule has 108 valence electrons. The number of hydrogen-bond donors (Lipinski definition) is 1. The molecule has 1 aromatic heterocycles. The number of aryl methyl sites for hydroxylation is 1. The van der Waals surface area contributed by atoms with Gasteiger partial charge in [0.2, 0.25) is 0 Å². The van der Waals surface area contributed by atoms with E-state index in [1.807, 2.05) is 6.07 Å². The van der Waals surface area contributed by atoms with Crippen molar-refractivity contribution in [2.75, 3.05) is 11.4 Å². The molecular formula is C16H15NO4. The van der Waals surface area contributed by atoms with Gasteiger partial charge < -0.3 is 14.4 Å². The molecule has 3 rings (SSSR count). The van der Waals surface area contributed by atoms with Crippen LogP contribution in [0.25, 0.3) is 0 Å². The van der Waals surface area contributed by atoms with Gasteiger partial charge in [0.25, 0.3) is 5.91 Å². The first-order chi connectivity index (χ1) is 10.1. The largest absolute Gasteiger partial charge is 0.481 e. The first-order valence-corrected chi connectivity index (χ1v) is 6.76. The molecule has 1 N–H and O–H groups in total. The van der Waals surface area contributed by atoms with Crippen LogP contribution in [0.2, 0.25) is 0 Å². The second-order valence-corrected chi connectivity index (χ2v) is 5.14. The third-order valence-corrected chi connectivity index (χ3v) is 3.77. The van der Waals surface area contributed by atoms with Crippen LogP contribution < -0.4 is 4.90 Å². The van der Waals surface area contributed by atoms with Crippen molar-refractivity contribution in [1.82, 2.24) is 0 Å². The predicted molar refractivity (Wildman–Crippen MR) is 76.6 cm³/mol. The fraction of sp³-hybridized carbons (Fsp3) is 0.250. The molecule has 1 aliphatic rings. The van der Waals surface area contributed by atoms with Crippen molar-refractivity contribution in [2.24, 2.45) is 0 Å². The first kappa shape index (κ1) is 13.4. The minimum absolute atomic E-state index is 0.164. The molecule has 0 saturated carbocycles. The minimum Gasteiger partial charge on any atom is -0.481 e. The Morgan fingerprint density at radius 3 is 2.76 bits per heavy atom. The second-order valence-electron chi connectivity index (χ2n) is 5.14. The molecule has 1 aromatic carbocycles. The average Bonchev–Trinajstić information content (AvgIpc) is 2.91. The maximum atomic E-state index is 12.6. The van der Waals surface area contributed by atoms with Gasteiger partial charge in [-0.05, 0) is 31.0 Å². The fourth-order valence-corrected chi connectivity index (χ4v) is 2.74. The molecule has 5 heteroatoms. The van der Waals surface area contributed by atoms with E-state index < -0.39 is 11.9 Å². The van der Waals surface area contributed by atoms with Crippen molar-refractivity contribution < 1.29 is 19.1 Å². The number of hydrogen-bond acceptors (Lipinski definition) is 3. The number of para-hydroxylation sites is 1. The third kappa shape index (κ3) is 2.31. The van der Waals surface area contributed by atoms with E-state index in [2.05, 4.69) is 0 Å². The van der Waals surface area contributed by atoms with Crippen molar-refractivity contribution in [3.63, 3.8) is 0 Å². The summed E-state index contributed by atoms with van der Waals surface area (Å²) >= 11 is 0. The van der Waals surface area contributed by atoms with Gasteiger partial charge in [0.15, 0.2) is 0 Å². The van der Waals surface area contributed by atoms with Crippen molar-refractivity contribution in [1.29, 1.82) is 0 Å². The van der Waals surface area contributed by atoms with Crippen LogP contribution in [0.15, 0.2) is 41.0 Å². The van der Waals surface area contributed by atoms with E-state index >= 15 is 0 Å². The van der Waals surface area contributed by atoms with E-state index in [4.69, 9.17) is 4.42 Å². The summed E-state index contributed by atoms with van der Waals surface area (Å²) in [6, 6.07) is 8.85. The van der Waals surface area contributed by atoms with E-state index in [9.17, 15) is 14.7 Å². The SMILES string of the molecule is Cc1cc(C(=O)N2CCC(C(=O)O)c3ccccc32)co1. The number of nitrogens with zero attached hydrogens (tertiary/aromatic N) is 1. The number of rotatable bonds is 2. The standard InChI is InChI=1S/C16H15NO4/c1-10-8-11(9-21-10)15(18)17-7-6-13(16(19)20)12-4-2-3-5-14(12)17/h2-5,8-9,13H,6-7H2,1H3,(H,19,20). The Morgan fingerprint density at radius 1 is 1.33 bits per heavy atom. The summed E-state index contributed by atoms with van der Waals surface area (Å²) in [6.07, 6.45) is 1.85. The zero-order valence-corrected chi connectivity index (χ0v) is 11.6. The van der Waals surface area contributed by atoms with E-state index in [0.717, 1.165) is 0 Å². The van der Waals surface area contributed by atoms with Crippen LogP contribution >= 0.6 is 0 Å². The Bertz CT molecular complexity index is 704. The number of anilines is 1. The number of carboxylic acid groups (broad SMARTS) is 1. The smallest absolute Gasteiger partial charge is 0.311 e. The Hall–Kier alpha value is -2.56. The average molecular weight is 285 g/mol. The topological polar surface area (TPSA) is 70.8 Å². The maximum Gasteiger partial charge on any atom is 0.311 e. The van der Waals surface area contributed by atoms with Crippen LogP contribution in [0.3, 0.4) is 0 Å². The Labute approximate surface area is 121 Å². The van der Waals surface area contributed by atoms with E-state index in [1.54, 1.807) is 36.1 Å². The summed E-state index contributed by atoms with van der Waals surface area (Å²) in [5, 5.41) is 9.31. The highest BCUT2D eigenvalue weighted by atomic mass is 16.4. The van der Waals surface area contributed by atoms with Gasteiger partial charge in [0, 0.05) is 12.2 Å². The molecule has 1 amide bonds. The van der Waals surface area contributed by atoms with Gasteiger partial charge in [0.05, 0.1) is 11.5 Å². The van der Waals surface area contributed by atoms with Gasteiger partial charge in [-0.15, -0.1) is 0 Å². The zero-order valence-electron chi connectivity index (χ0n) is 11.6. The molecule has 2 aromatic rings. The minimum atomic E-state index is -0.853. The van der Waals surface area contributed by atoms with Gasteiger partial charge in [-0.2, -0.15) is 0 Å². The van der Waals surface area contributed by atoms with Crippen molar-refractivity contribution in [3.05, 3.63) is 53.5 Å². The van der Waals surface area contributed by atoms with Gasteiger partial charge >= 0.3 is 5.97 Å². The number of benzene rings is 1. The molecule has 0 aliphatic carbocycles. The van der Waals surface area contributed by atoms with Crippen LogP contribution in [0.1, 0.15) is 34.0 Å². The highest BCUT2D eigenvalue weighted by Crippen LogP contribution is 2.36. The quantitative estimate of drug-likeness (QED) is 0.921. The fourth-order valence-electron chi connectivity index (χ4n) is 2.74. The van der Waals surface area contributed by atoms with Crippen LogP contribution in [0.5, 0.6) is 0 Å². The Morgan fingerprint density at radius 2 is 2.10 bits per heavy atom. The van der Waals surface area contributed by atoms with Crippen molar-refractivity contribution in [2.45, 2.75) is 19.3 Å². The molecule has 0 fully saturated rings. The van der Waals surface area contributed by atoms with Gasteiger partial charge in [-0.25, -0.2) is 0 Å². The lowest BCUT2D eigenvalue weighted by atomic mass is 9.89. The van der Waals surface area contributed by atoms with Crippen LogP contribution in [-0.2, 0) is 4.79 Å². The molecule has 0 radical (unpaired) electrons. The van der Waals surface area contributed by atoms with Crippen LogP contribution in [0, 0.1) is 6.92 Å². The Kier molecular flexibility index (Phi) is 3.25. The summed E-state index contributed by atoms with van der Waals surface area (Å²) in [5.41, 5.74) is 1.83. The van der Waals surface area contributed by atoms with Gasteiger partial charge in [0.1, 0.15) is 12.0 Å². The summed E-state index contributed by atoms with van der Waals surface area (Å²) < 4.78 is 5.18. The molecule has 0 saturated heterocycles. The molecule has 1 unspecified atom stereocenters. The summed E-state index contributed by atoms with van der Waals surface area (Å²) in [7, 11) is 0. The summed E-state index contributed by atoms with van der Waals surface area (Å²) in [6.45, 7) is 2.17. The third-order valence-electron chi connectivity index (χ3n) is 3.77. The monoisotopic (exact) mass is 285 g/mol. The van der Waals surface area contributed by atoms with Crippen molar-refractivity contribution in [3.8, 4) is 0 Å². The number of aliphatic carboxylic acids is 1. The lowest BCUT2D eigenvalue weighted by Crippen LogP contribution is -2.38. The highest BCUT2D eigenvalue weighted by Gasteiger charge is 2.32. The maximum absolute atomic E-state index is 12.6. The predicted octanol–water partition coefficient (Wildman–Crippen LogP) is 2.81. The summed E-state index contributed by atoms with van der Waals surface area (Å²) in [4.78, 5) is 25.5. The highest BCUT2D eigenvalue weighted by molar-refractivity contribution is 6.07. The van der Waals surface area contributed by atoms with E-state index in [1.165, 1.54) is 6.26 Å². The van der Waals surface area contributed by atoms with E-state index in [-0.39, 0.29) is 5.91 Å². The van der Waals surface area contributed by atoms with Crippen molar-refractivity contribution >= 4 is 17.6 Å². The van der Waals surface area contributed by atoms with Gasteiger partial charge in [-0.3, -0.25) is 9.59 Å². The number of carbonyl (C=O) groups is 2. The normalized spacial score (nSPS) is 17.4. The first-order valence-electron chi connectivity index (χ1n) is 6.76. The molecular weight excluding hydrogens is 270 g/mol. The molecule has 21 heavy (non-hydrogen) atoms. The van der Waals surface area contributed by atoms with Crippen LogP contribution in [-0.4, -0.2) is 23.5 Å². The molecule has 2 heterocycles. The molecule has 5 nitrogen and oxygen atoms in total. The molecule has 0 bridgehead atoms. The number of fused-ring (bicyclic) bond motifs is 1. The Balaban J connectivity index is 2.00. The van der Waals surface area contributed by atoms with Gasteiger partial charge in [-0.1, -0.05) is 18.2 Å². The zero-order chi connectivity index (χ0) is 15.0. The number of carbonyl (C=O) groups excluding carboxylic acids is 1. The second kappa shape index (κ2) is 5.09. The van der Waals surface area contributed by atoms with E-state index in [0.29, 0.717) is 35.5 Å². The number of furan rings is 1. The number of amides is 1.